The molecular weight excluding hydrogens is 588 g/mol. The molecule has 1 aliphatic carbocycles. The van der Waals surface area contributed by atoms with Crippen LogP contribution in [0.3, 0.4) is 0 Å². The van der Waals surface area contributed by atoms with E-state index < -0.39 is 32.8 Å². The van der Waals surface area contributed by atoms with Gasteiger partial charge in [-0.25, -0.2) is 27.2 Å². The molecule has 0 bridgehead atoms. The van der Waals surface area contributed by atoms with E-state index in [0.717, 1.165) is 23.7 Å². The van der Waals surface area contributed by atoms with Gasteiger partial charge in [-0.1, -0.05) is 24.3 Å². The van der Waals surface area contributed by atoms with Crippen molar-refractivity contribution >= 4 is 50.2 Å². The number of hydrogen-bond donors (Lipinski definition) is 2. The number of fused-ring (bicyclic) bond motifs is 1. The summed E-state index contributed by atoms with van der Waals surface area (Å²) in [4.78, 5) is 28.9. The molecule has 0 unspecified atom stereocenters. The molecular formula is C31H29F2N7O3S. The Labute approximate surface area is 252 Å². The molecule has 0 aliphatic heterocycles. The summed E-state index contributed by atoms with van der Waals surface area (Å²) in [7, 11) is -1.37. The van der Waals surface area contributed by atoms with Crippen molar-refractivity contribution in [3.05, 3.63) is 102 Å². The van der Waals surface area contributed by atoms with Crippen LogP contribution in [0, 0.1) is 11.6 Å². The van der Waals surface area contributed by atoms with E-state index in [1.807, 2.05) is 40.8 Å². The van der Waals surface area contributed by atoms with Crippen LogP contribution < -0.4 is 15.5 Å². The predicted molar refractivity (Wildman–Crippen MR) is 164 cm³/mol. The van der Waals surface area contributed by atoms with Crippen LogP contribution in [-0.2, 0) is 32.5 Å². The smallest absolute Gasteiger partial charge is 0.237 e. The summed E-state index contributed by atoms with van der Waals surface area (Å²) < 4.78 is 53.9. The molecule has 44 heavy (non-hydrogen) atoms. The van der Waals surface area contributed by atoms with Gasteiger partial charge in [-0.05, 0) is 66.9 Å². The van der Waals surface area contributed by atoms with Crippen LogP contribution in [0.2, 0.25) is 0 Å². The van der Waals surface area contributed by atoms with Gasteiger partial charge in [-0.2, -0.15) is 4.98 Å². The Hall–Kier alpha value is -4.91. The number of imidazole rings is 1. The minimum absolute atomic E-state index is 0.0395. The van der Waals surface area contributed by atoms with Crippen molar-refractivity contribution in [2.24, 2.45) is 0 Å². The zero-order valence-corrected chi connectivity index (χ0v) is 24.8. The zero-order chi connectivity index (χ0) is 31.1. The van der Waals surface area contributed by atoms with Crippen LogP contribution in [-0.4, -0.2) is 47.1 Å². The Morgan fingerprint density at radius 3 is 2.59 bits per heavy atom. The molecule has 6 rings (SSSR count). The molecule has 5 aromatic rings. The van der Waals surface area contributed by atoms with Crippen LogP contribution in [0.1, 0.15) is 24.0 Å². The normalized spacial score (nSPS) is 13.9. The van der Waals surface area contributed by atoms with Gasteiger partial charge in [0.15, 0.2) is 9.84 Å². The summed E-state index contributed by atoms with van der Waals surface area (Å²) >= 11 is 0. The van der Waals surface area contributed by atoms with Gasteiger partial charge in [-0.3, -0.25) is 14.7 Å². The molecule has 2 N–H and O–H groups in total. The zero-order valence-electron chi connectivity index (χ0n) is 24.0. The number of carbonyl (C=O) groups excluding carboxylic acids is 1. The molecule has 13 heteroatoms. The largest absolute Gasteiger partial charge is 0.341 e. The van der Waals surface area contributed by atoms with Gasteiger partial charge in [0.25, 0.3) is 0 Å². The number of nitrogens with one attached hydrogen (secondary N) is 2. The number of rotatable bonds is 10. The number of carbonyl (C=O) groups is 1. The predicted octanol–water partition coefficient (Wildman–Crippen LogP) is 5.16. The Balaban J connectivity index is 1.24. The molecule has 226 valence electrons. The molecule has 2 aromatic heterocycles. The number of amides is 1. The Morgan fingerprint density at radius 1 is 1.02 bits per heavy atom. The van der Waals surface area contributed by atoms with Crippen molar-refractivity contribution < 1.29 is 22.0 Å². The van der Waals surface area contributed by atoms with Crippen LogP contribution >= 0.6 is 0 Å². The van der Waals surface area contributed by atoms with E-state index in [4.69, 9.17) is 0 Å². The van der Waals surface area contributed by atoms with E-state index >= 15 is 0 Å². The summed E-state index contributed by atoms with van der Waals surface area (Å²) in [6, 6.07) is 19.3. The van der Waals surface area contributed by atoms with Crippen molar-refractivity contribution in [2.45, 2.75) is 30.7 Å². The number of para-hydroxylation sites is 2. The summed E-state index contributed by atoms with van der Waals surface area (Å²) in [6.07, 6.45) is 3.57. The number of anilines is 4. The highest BCUT2D eigenvalue weighted by Crippen LogP contribution is 2.50. The number of nitrogens with zero attached hydrogens (tertiary/aromatic N) is 5. The maximum absolute atomic E-state index is 14.7. The average Bonchev–Trinajstić information content (AvgIpc) is 3.72. The van der Waals surface area contributed by atoms with Crippen molar-refractivity contribution in [1.82, 2.24) is 19.5 Å². The maximum Gasteiger partial charge on any atom is 0.237 e. The van der Waals surface area contributed by atoms with Crippen LogP contribution in [0.5, 0.6) is 0 Å². The van der Waals surface area contributed by atoms with Gasteiger partial charge in [0.2, 0.25) is 17.8 Å². The highest BCUT2D eigenvalue weighted by atomic mass is 32.2. The van der Waals surface area contributed by atoms with E-state index in [1.54, 1.807) is 36.5 Å². The summed E-state index contributed by atoms with van der Waals surface area (Å²) in [5.41, 5.74) is 1.56. The number of hydrogen-bond acceptors (Lipinski definition) is 8. The van der Waals surface area contributed by atoms with Crippen LogP contribution in [0.15, 0.2) is 79.0 Å². The second kappa shape index (κ2) is 11.3. The Bertz CT molecular complexity index is 1990. The number of aromatic nitrogens is 4. The lowest BCUT2D eigenvalue weighted by Gasteiger charge is -2.22. The van der Waals surface area contributed by atoms with E-state index in [-0.39, 0.29) is 23.9 Å². The third kappa shape index (κ3) is 6.09. The molecule has 10 nitrogen and oxygen atoms in total. The topological polar surface area (TPSA) is 122 Å². The average molecular weight is 618 g/mol. The van der Waals surface area contributed by atoms with E-state index in [9.17, 15) is 22.0 Å². The first-order chi connectivity index (χ1) is 21.0. The lowest BCUT2D eigenvalue weighted by atomic mass is 9.94. The quantitative estimate of drug-likeness (QED) is 0.221. The number of benzene rings is 3. The van der Waals surface area contributed by atoms with Gasteiger partial charge >= 0.3 is 0 Å². The third-order valence-corrected chi connectivity index (χ3v) is 8.36. The molecule has 1 saturated carbocycles. The molecule has 1 amide bonds. The van der Waals surface area contributed by atoms with Gasteiger partial charge in [0.05, 0.1) is 28.9 Å². The standard InChI is InChI=1S/C31H29F2N7O3S/c1-39(27-12-15-34-29(37-27)35-22-7-5-6-20(16-22)18-44(2,42)43)19-40-26-9-4-3-8-25(26)36-30(40)38-28(41)31(13-14-31)23-17-21(32)10-11-24(23)33/h3-12,15-17H,13-14,18-19H2,1-2H3,(H,34,35,37)(H,36,38,41). The Morgan fingerprint density at radius 2 is 1.82 bits per heavy atom. The maximum atomic E-state index is 14.7. The molecule has 0 atom stereocenters. The summed E-state index contributed by atoms with van der Waals surface area (Å²) in [5.74, 6) is -0.623. The fourth-order valence-corrected chi connectivity index (χ4v) is 6.01. The third-order valence-electron chi connectivity index (χ3n) is 7.51. The van der Waals surface area contributed by atoms with E-state index in [0.29, 0.717) is 41.4 Å². The summed E-state index contributed by atoms with van der Waals surface area (Å²) in [6.45, 7) is 0.234. The number of halogens is 2. The molecule has 1 fully saturated rings. The first kappa shape index (κ1) is 29.2. The van der Waals surface area contributed by atoms with Crippen molar-refractivity contribution in [3.63, 3.8) is 0 Å². The first-order valence-electron chi connectivity index (χ1n) is 13.8. The fourth-order valence-electron chi connectivity index (χ4n) is 5.22. The van der Waals surface area contributed by atoms with Crippen molar-refractivity contribution in [2.75, 3.05) is 28.8 Å². The molecule has 2 heterocycles. The molecule has 0 radical (unpaired) electrons. The van der Waals surface area contributed by atoms with Crippen LogP contribution in [0.25, 0.3) is 11.0 Å². The van der Waals surface area contributed by atoms with Crippen molar-refractivity contribution in [3.8, 4) is 0 Å². The monoisotopic (exact) mass is 617 g/mol. The molecule has 0 spiro atoms. The summed E-state index contributed by atoms with van der Waals surface area (Å²) in [5, 5.41) is 6.00. The molecule has 3 aromatic carbocycles. The second-order valence-electron chi connectivity index (χ2n) is 11.0. The van der Waals surface area contributed by atoms with Gasteiger partial charge < -0.3 is 10.2 Å². The van der Waals surface area contributed by atoms with Crippen LogP contribution in [0.4, 0.5) is 32.2 Å². The minimum Gasteiger partial charge on any atom is -0.341 e. The Kier molecular flexibility index (Phi) is 7.49. The minimum atomic E-state index is -3.19. The van der Waals surface area contributed by atoms with Crippen molar-refractivity contribution in [1.29, 1.82) is 0 Å². The van der Waals surface area contributed by atoms with Gasteiger partial charge in [-0.15, -0.1) is 0 Å². The first-order valence-corrected chi connectivity index (χ1v) is 15.9. The molecule has 1 aliphatic rings. The van der Waals surface area contributed by atoms with Gasteiger partial charge in [0.1, 0.15) is 17.5 Å². The fraction of sp³-hybridized carbons (Fsp3) is 0.226. The highest BCUT2D eigenvalue weighted by molar-refractivity contribution is 7.89. The lowest BCUT2D eigenvalue weighted by molar-refractivity contribution is -0.118. The van der Waals surface area contributed by atoms with E-state index in [2.05, 4.69) is 25.6 Å². The lowest BCUT2D eigenvalue weighted by Crippen LogP contribution is -2.31. The van der Waals surface area contributed by atoms with E-state index in [1.165, 1.54) is 6.26 Å². The SMILES string of the molecule is CN(Cn1c(NC(=O)C2(c3cc(F)ccc3F)CC2)nc2ccccc21)c1ccnc(Nc2cccc(CS(C)(=O)=O)c2)n1. The highest BCUT2D eigenvalue weighted by Gasteiger charge is 2.53. The van der Waals surface area contributed by atoms with Gasteiger partial charge in [0, 0.05) is 30.8 Å². The molecule has 0 saturated heterocycles. The number of sulfone groups is 1. The second-order valence-corrected chi connectivity index (χ2v) is 13.1.